The van der Waals surface area contributed by atoms with E-state index in [1.54, 1.807) is 0 Å². The zero-order chi connectivity index (χ0) is 17.7. The van der Waals surface area contributed by atoms with E-state index >= 15 is 0 Å². The van der Waals surface area contributed by atoms with Crippen molar-refractivity contribution in [3.05, 3.63) is 35.2 Å². The summed E-state index contributed by atoms with van der Waals surface area (Å²) in [7, 11) is 0. The maximum Gasteiger partial charge on any atom is 0.245 e. The van der Waals surface area contributed by atoms with Gasteiger partial charge < -0.3 is 16.4 Å². The van der Waals surface area contributed by atoms with Gasteiger partial charge in [-0.15, -0.1) is 23.7 Å². The van der Waals surface area contributed by atoms with Crippen molar-refractivity contribution in [3.8, 4) is 11.3 Å². The number of hydrogen-bond acceptors (Lipinski definition) is 5. The second-order valence-corrected chi connectivity index (χ2v) is 7.25. The molecule has 25 heavy (non-hydrogen) atoms. The molecule has 2 amide bonds. The summed E-state index contributed by atoms with van der Waals surface area (Å²) in [6, 6.07) is 8.25. The summed E-state index contributed by atoms with van der Waals surface area (Å²) in [5.74, 6) is -0.704. The van der Waals surface area contributed by atoms with Gasteiger partial charge in [-0.2, -0.15) is 0 Å². The number of nitrogens with zero attached hydrogens (tertiary/aromatic N) is 1. The molecule has 0 spiro atoms. The highest BCUT2D eigenvalue weighted by atomic mass is 35.5. The molecule has 0 bridgehead atoms. The van der Waals surface area contributed by atoms with Crippen molar-refractivity contribution in [2.24, 2.45) is 5.73 Å². The van der Waals surface area contributed by atoms with Gasteiger partial charge in [0.25, 0.3) is 0 Å². The first-order valence-corrected chi connectivity index (χ1v) is 8.50. The zero-order valence-electron chi connectivity index (χ0n) is 14.5. The average Bonchev–Trinajstić information content (AvgIpc) is 3.00. The molecule has 0 aliphatic heterocycles. The van der Waals surface area contributed by atoms with Gasteiger partial charge in [-0.3, -0.25) is 9.59 Å². The fourth-order valence-electron chi connectivity index (χ4n) is 2.02. The highest BCUT2D eigenvalue weighted by Gasteiger charge is 2.14. The quantitative estimate of drug-likeness (QED) is 0.740. The number of rotatable bonds is 5. The van der Waals surface area contributed by atoms with E-state index < -0.39 is 0 Å². The van der Waals surface area contributed by atoms with Crippen LogP contribution in [0.5, 0.6) is 0 Å². The third kappa shape index (κ3) is 6.12. The van der Waals surface area contributed by atoms with Gasteiger partial charge in [0.2, 0.25) is 11.8 Å². The minimum absolute atomic E-state index is 0. The molecule has 0 aliphatic rings. The molecule has 0 atom stereocenters. The van der Waals surface area contributed by atoms with Crippen molar-refractivity contribution in [3.63, 3.8) is 0 Å². The number of anilines is 1. The first-order valence-electron chi connectivity index (χ1n) is 7.62. The fourth-order valence-corrected chi connectivity index (χ4v) is 2.76. The number of carbonyl (C=O) groups excluding carboxylic acids is 2. The van der Waals surface area contributed by atoms with Crippen LogP contribution in [0.25, 0.3) is 11.3 Å². The molecule has 2 rings (SSSR count). The Labute approximate surface area is 157 Å². The Balaban J connectivity index is 0.00000312. The second-order valence-electron chi connectivity index (χ2n) is 6.39. The highest BCUT2D eigenvalue weighted by Crippen LogP contribution is 2.28. The van der Waals surface area contributed by atoms with Crippen LogP contribution in [-0.4, -0.2) is 29.9 Å². The van der Waals surface area contributed by atoms with E-state index in [1.807, 2.05) is 17.5 Å². The molecule has 1 heterocycles. The summed E-state index contributed by atoms with van der Waals surface area (Å²) in [6.07, 6.45) is 0. The Bertz CT molecular complexity index is 723. The minimum Gasteiger partial charge on any atom is -0.346 e. The highest BCUT2D eigenvalue weighted by molar-refractivity contribution is 7.14. The summed E-state index contributed by atoms with van der Waals surface area (Å²) in [4.78, 5) is 27.2. The minimum atomic E-state index is -0.371. The Hall–Kier alpha value is -1.96. The van der Waals surface area contributed by atoms with Crippen LogP contribution in [0.1, 0.15) is 26.3 Å². The third-order valence-electron chi connectivity index (χ3n) is 3.43. The van der Waals surface area contributed by atoms with E-state index in [0.717, 1.165) is 11.3 Å². The molecular formula is C17H23ClN4O2S. The summed E-state index contributed by atoms with van der Waals surface area (Å²) in [5, 5.41) is 7.46. The standard InChI is InChI=1S/C17H22N4O2S.ClH/c1-17(2,3)12-6-4-11(5-7-12)13-10-24-16(20-13)21-15(23)9-19-14(22)8-18;/h4-7,10H,8-9,18H2,1-3H3,(H,19,22)(H,20,21,23);1H. The molecule has 0 saturated carbocycles. The Morgan fingerprint density at radius 2 is 1.80 bits per heavy atom. The molecule has 0 aliphatic carbocycles. The molecule has 4 N–H and O–H groups in total. The van der Waals surface area contributed by atoms with Crippen molar-refractivity contribution in [2.45, 2.75) is 26.2 Å². The predicted molar refractivity (Wildman–Crippen MR) is 104 cm³/mol. The second kappa shape index (κ2) is 8.94. The number of aromatic nitrogens is 1. The van der Waals surface area contributed by atoms with E-state index in [4.69, 9.17) is 5.73 Å². The Morgan fingerprint density at radius 3 is 2.36 bits per heavy atom. The summed E-state index contributed by atoms with van der Waals surface area (Å²) >= 11 is 1.34. The van der Waals surface area contributed by atoms with Crippen LogP contribution in [0.15, 0.2) is 29.6 Å². The lowest BCUT2D eigenvalue weighted by Crippen LogP contribution is -2.36. The maximum absolute atomic E-state index is 11.7. The summed E-state index contributed by atoms with van der Waals surface area (Å²) in [6.45, 7) is 6.25. The normalized spacial score (nSPS) is 10.7. The van der Waals surface area contributed by atoms with Crippen molar-refractivity contribution in [1.29, 1.82) is 0 Å². The topological polar surface area (TPSA) is 97.1 Å². The number of amides is 2. The van der Waals surface area contributed by atoms with Crippen LogP contribution in [-0.2, 0) is 15.0 Å². The van der Waals surface area contributed by atoms with Gasteiger partial charge in [0.1, 0.15) is 0 Å². The molecule has 2 aromatic rings. The zero-order valence-corrected chi connectivity index (χ0v) is 16.1. The molecule has 0 saturated heterocycles. The van der Waals surface area contributed by atoms with Crippen LogP contribution in [0.3, 0.4) is 0 Å². The Kier molecular flexibility index (Phi) is 7.54. The molecule has 0 unspecified atom stereocenters. The monoisotopic (exact) mass is 382 g/mol. The third-order valence-corrected chi connectivity index (χ3v) is 4.19. The fraction of sp³-hybridized carbons (Fsp3) is 0.353. The van der Waals surface area contributed by atoms with Crippen molar-refractivity contribution >= 4 is 40.7 Å². The molecule has 1 aromatic heterocycles. The van der Waals surface area contributed by atoms with Gasteiger partial charge in [0, 0.05) is 10.9 Å². The lowest BCUT2D eigenvalue weighted by molar-refractivity contribution is -0.123. The molecule has 136 valence electrons. The van der Waals surface area contributed by atoms with Crippen LogP contribution in [0, 0.1) is 0 Å². The smallest absolute Gasteiger partial charge is 0.245 e. The lowest BCUT2D eigenvalue weighted by Gasteiger charge is -2.18. The van der Waals surface area contributed by atoms with Crippen molar-refractivity contribution in [1.82, 2.24) is 10.3 Å². The van der Waals surface area contributed by atoms with Gasteiger partial charge >= 0.3 is 0 Å². The first kappa shape index (κ1) is 21.1. The maximum atomic E-state index is 11.7. The molecule has 0 radical (unpaired) electrons. The number of hydrogen-bond donors (Lipinski definition) is 3. The van der Waals surface area contributed by atoms with Crippen LogP contribution < -0.4 is 16.4 Å². The van der Waals surface area contributed by atoms with Gasteiger partial charge in [-0.05, 0) is 11.0 Å². The largest absolute Gasteiger partial charge is 0.346 e. The number of thiazole rings is 1. The molecule has 1 aromatic carbocycles. The predicted octanol–water partition coefficient (Wildman–Crippen LogP) is 2.54. The number of halogens is 1. The SMILES string of the molecule is CC(C)(C)c1ccc(-c2csc(NC(=O)CNC(=O)CN)n2)cc1.Cl. The Morgan fingerprint density at radius 1 is 1.16 bits per heavy atom. The van der Waals surface area contributed by atoms with Crippen molar-refractivity contribution < 1.29 is 9.59 Å². The summed E-state index contributed by atoms with van der Waals surface area (Å²) < 4.78 is 0. The molecule has 6 nitrogen and oxygen atoms in total. The van der Waals surface area contributed by atoms with Crippen molar-refractivity contribution in [2.75, 3.05) is 18.4 Å². The van der Waals surface area contributed by atoms with E-state index in [1.165, 1.54) is 16.9 Å². The van der Waals surface area contributed by atoms with E-state index in [-0.39, 0.29) is 42.7 Å². The van der Waals surface area contributed by atoms with Crippen LogP contribution >= 0.6 is 23.7 Å². The van der Waals surface area contributed by atoms with E-state index in [2.05, 4.69) is 48.5 Å². The number of nitrogens with one attached hydrogen (secondary N) is 2. The molecular weight excluding hydrogens is 360 g/mol. The van der Waals surface area contributed by atoms with Gasteiger partial charge in [-0.25, -0.2) is 4.98 Å². The van der Waals surface area contributed by atoms with E-state index in [0.29, 0.717) is 5.13 Å². The van der Waals surface area contributed by atoms with Gasteiger partial charge in [-0.1, -0.05) is 45.0 Å². The summed E-state index contributed by atoms with van der Waals surface area (Å²) in [5.41, 5.74) is 8.33. The van der Waals surface area contributed by atoms with Crippen LogP contribution in [0.4, 0.5) is 5.13 Å². The van der Waals surface area contributed by atoms with Gasteiger partial charge in [0.15, 0.2) is 5.13 Å². The number of benzene rings is 1. The average molecular weight is 383 g/mol. The van der Waals surface area contributed by atoms with E-state index in [9.17, 15) is 9.59 Å². The number of carbonyl (C=O) groups is 2. The number of nitrogens with two attached hydrogens (primary N) is 1. The molecule has 0 fully saturated rings. The molecule has 8 heteroatoms. The van der Waals surface area contributed by atoms with Gasteiger partial charge in [0.05, 0.1) is 18.8 Å². The van der Waals surface area contributed by atoms with Crippen LogP contribution in [0.2, 0.25) is 0 Å². The first-order chi connectivity index (χ1) is 11.3. The lowest BCUT2D eigenvalue weighted by atomic mass is 9.86.